The molecule has 0 bridgehead atoms. The summed E-state index contributed by atoms with van der Waals surface area (Å²) in [6, 6.07) is 5.48. The second-order valence-corrected chi connectivity index (χ2v) is 5.44. The summed E-state index contributed by atoms with van der Waals surface area (Å²) in [7, 11) is 0. The molecule has 0 saturated carbocycles. The Labute approximate surface area is 101 Å². The summed E-state index contributed by atoms with van der Waals surface area (Å²) in [5.41, 5.74) is 1.14. The summed E-state index contributed by atoms with van der Waals surface area (Å²) >= 11 is 1.89. The molecule has 1 aromatic carbocycles. The zero-order valence-corrected chi connectivity index (χ0v) is 10.6. The lowest BCUT2D eigenvalue weighted by atomic mass is 10.0. The number of benzene rings is 1. The van der Waals surface area contributed by atoms with Crippen molar-refractivity contribution in [1.82, 2.24) is 5.32 Å². The first-order chi connectivity index (χ1) is 7.76. The third-order valence-electron chi connectivity index (χ3n) is 2.95. The van der Waals surface area contributed by atoms with Crippen molar-refractivity contribution < 1.29 is 4.39 Å². The van der Waals surface area contributed by atoms with Crippen molar-refractivity contribution in [3.8, 4) is 0 Å². The van der Waals surface area contributed by atoms with E-state index < -0.39 is 0 Å². The zero-order chi connectivity index (χ0) is 11.5. The van der Waals surface area contributed by atoms with Crippen molar-refractivity contribution >= 4 is 11.8 Å². The van der Waals surface area contributed by atoms with Crippen LogP contribution in [0, 0.1) is 5.82 Å². The van der Waals surface area contributed by atoms with E-state index in [9.17, 15) is 4.39 Å². The fourth-order valence-corrected chi connectivity index (χ4v) is 3.80. The van der Waals surface area contributed by atoms with Crippen LogP contribution in [0.1, 0.15) is 38.3 Å². The molecule has 0 radical (unpaired) electrons. The smallest absolute Gasteiger partial charge is 0.123 e. The molecule has 0 aliphatic carbocycles. The molecule has 2 atom stereocenters. The van der Waals surface area contributed by atoms with Crippen LogP contribution in [0.5, 0.6) is 0 Å². The Hall–Kier alpha value is -0.540. The van der Waals surface area contributed by atoms with Gasteiger partial charge in [0.15, 0.2) is 0 Å². The quantitative estimate of drug-likeness (QED) is 0.858. The van der Waals surface area contributed by atoms with Gasteiger partial charge in [0.1, 0.15) is 5.82 Å². The number of fused-ring (bicyclic) bond motifs is 1. The van der Waals surface area contributed by atoms with Gasteiger partial charge in [-0.2, -0.15) is 0 Å². The lowest BCUT2D eigenvalue weighted by Crippen LogP contribution is -2.26. The molecule has 0 aromatic heterocycles. The van der Waals surface area contributed by atoms with E-state index in [1.54, 1.807) is 12.1 Å². The molecule has 2 rings (SSSR count). The van der Waals surface area contributed by atoms with Crippen LogP contribution in [-0.2, 0) is 0 Å². The summed E-state index contributed by atoms with van der Waals surface area (Å²) in [5, 5.41) is 4.03. The van der Waals surface area contributed by atoms with Crippen molar-refractivity contribution in [1.29, 1.82) is 0 Å². The first kappa shape index (κ1) is 11.9. The molecule has 1 heterocycles. The average Bonchev–Trinajstić information content (AvgIpc) is 2.58. The summed E-state index contributed by atoms with van der Waals surface area (Å²) in [4.78, 5) is 1.24. The van der Waals surface area contributed by atoms with E-state index in [0.717, 1.165) is 12.1 Å². The first-order valence-electron chi connectivity index (χ1n) is 5.95. The van der Waals surface area contributed by atoms with E-state index >= 15 is 0 Å². The van der Waals surface area contributed by atoms with Gasteiger partial charge in [-0.25, -0.2) is 4.39 Å². The molecule has 3 heteroatoms. The molecule has 1 N–H and O–H groups in total. The average molecular weight is 239 g/mol. The summed E-state index contributed by atoms with van der Waals surface area (Å²) in [6.07, 6.45) is 2.36. The SMILES string of the molecule is CCCC1Sc2ccc(F)cc2C1NCC. The summed E-state index contributed by atoms with van der Waals surface area (Å²) in [6.45, 7) is 5.24. The second kappa shape index (κ2) is 5.19. The maximum atomic E-state index is 13.3. The molecule has 1 aliphatic heterocycles. The van der Waals surface area contributed by atoms with Gasteiger partial charge in [-0.15, -0.1) is 11.8 Å². The van der Waals surface area contributed by atoms with Crippen LogP contribution in [0.3, 0.4) is 0 Å². The molecule has 0 amide bonds. The van der Waals surface area contributed by atoms with E-state index in [2.05, 4.69) is 19.2 Å². The zero-order valence-electron chi connectivity index (χ0n) is 9.79. The lowest BCUT2D eigenvalue weighted by Gasteiger charge is -2.19. The standard InChI is InChI=1S/C13H18FNS/c1-3-5-12-13(15-4-2)10-8-9(14)6-7-11(10)16-12/h6-8,12-13,15H,3-5H2,1-2H3. The third-order valence-corrected chi connectivity index (χ3v) is 4.39. The molecule has 1 aromatic rings. The minimum absolute atomic E-state index is 0.126. The predicted octanol–water partition coefficient (Wildman–Crippen LogP) is 3.75. The van der Waals surface area contributed by atoms with E-state index in [-0.39, 0.29) is 5.82 Å². The van der Waals surface area contributed by atoms with Gasteiger partial charge in [0, 0.05) is 16.2 Å². The highest BCUT2D eigenvalue weighted by atomic mass is 32.2. The van der Waals surface area contributed by atoms with Crippen molar-refractivity contribution in [2.24, 2.45) is 0 Å². The predicted molar refractivity (Wildman–Crippen MR) is 67.4 cm³/mol. The number of hydrogen-bond donors (Lipinski definition) is 1. The van der Waals surface area contributed by atoms with Crippen LogP contribution in [-0.4, -0.2) is 11.8 Å². The summed E-state index contributed by atoms with van der Waals surface area (Å²) in [5.74, 6) is -0.126. The Morgan fingerprint density at radius 2 is 2.19 bits per heavy atom. The second-order valence-electron chi connectivity index (χ2n) is 4.16. The topological polar surface area (TPSA) is 12.0 Å². The maximum Gasteiger partial charge on any atom is 0.123 e. The van der Waals surface area contributed by atoms with Gasteiger partial charge in [-0.3, -0.25) is 0 Å². The van der Waals surface area contributed by atoms with Crippen LogP contribution >= 0.6 is 11.8 Å². The lowest BCUT2D eigenvalue weighted by molar-refractivity contribution is 0.509. The van der Waals surface area contributed by atoms with Gasteiger partial charge in [0.2, 0.25) is 0 Å². The molecule has 2 unspecified atom stereocenters. The molecule has 1 nitrogen and oxygen atoms in total. The van der Waals surface area contributed by atoms with Crippen LogP contribution in [0.25, 0.3) is 0 Å². The minimum Gasteiger partial charge on any atom is -0.309 e. The van der Waals surface area contributed by atoms with Crippen LogP contribution in [0.15, 0.2) is 23.1 Å². The fourth-order valence-electron chi connectivity index (χ4n) is 2.27. The van der Waals surface area contributed by atoms with Crippen molar-refractivity contribution in [3.63, 3.8) is 0 Å². The fraction of sp³-hybridized carbons (Fsp3) is 0.538. The third kappa shape index (κ3) is 2.25. The van der Waals surface area contributed by atoms with Crippen LogP contribution < -0.4 is 5.32 Å². The maximum absolute atomic E-state index is 13.3. The Morgan fingerprint density at radius 3 is 2.88 bits per heavy atom. The molecule has 0 fully saturated rings. The molecule has 16 heavy (non-hydrogen) atoms. The van der Waals surface area contributed by atoms with Crippen molar-refractivity contribution in [2.45, 2.75) is 42.9 Å². The number of hydrogen-bond acceptors (Lipinski definition) is 2. The van der Waals surface area contributed by atoms with Gasteiger partial charge in [-0.05, 0) is 36.7 Å². The number of thioether (sulfide) groups is 1. The first-order valence-corrected chi connectivity index (χ1v) is 6.83. The van der Waals surface area contributed by atoms with E-state index in [1.807, 2.05) is 17.8 Å². The molecule has 0 saturated heterocycles. The van der Waals surface area contributed by atoms with Gasteiger partial charge >= 0.3 is 0 Å². The molecule has 88 valence electrons. The molecule has 1 aliphatic rings. The van der Waals surface area contributed by atoms with Crippen molar-refractivity contribution in [2.75, 3.05) is 6.54 Å². The van der Waals surface area contributed by atoms with E-state index in [1.165, 1.54) is 17.7 Å². The normalized spacial score (nSPS) is 23.4. The minimum atomic E-state index is -0.126. The Bertz CT molecular complexity index is 367. The van der Waals surface area contributed by atoms with Crippen molar-refractivity contribution in [3.05, 3.63) is 29.6 Å². The Kier molecular flexibility index (Phi) is 3.87. The van der Waals surface area contributed by atoms with Gasteiger partial charge in [0.05, 0.1) is 0 Å². The largest absolute Gasteiger partial charge is 0.309 e. The Balaban J connectivity index is 2.26. The number of nitrogens with one attached hydrogen (secondary N) is 1. The number of rotatable bonds is 4. The van der Waals surface area contributed by atoms with Gasteiger partial charge < -0.3 is 5.32 Å². The molecular weight excluding hydrogens is 221 g/mol. The molecule has 0 spiro atoms. The Morgan fingerprint density at radius 1 is 1.38 bits per heavy atom. The van der Waals surface area contributed by atoms with Crippen LogP contribution in [0.2, 0.25) is 0 Å². The van der Waals surface area contributed by atoms with Gasteiger partial charge in [-0.1, -0.05) is 20.3 Å². The van der Waals surface area contributed by atoms with E-state index in [4.69, 9.17) is 0 Å². The monoisotopic (exact) mass is 239 g/mol. The number of halogens is 1. The summed E-state index contributed by atoms with van der Waals surface area (Å²) < 4.78 is 13.3. The van der Waals surface area contributed by atoms with Crippen LogP contribution in [0.4, 0.5) is 4.39 Å². The van der Waals surface area contributed by atoms with E-state index in [0.29, 0.717) is 11.3 Å². The molecular formula is C13H18FNS. The van der Waals surface area contributed by atoms with Gasteiger partial charge in [0.25, 0.3) is 0 Å². The highest BCUT2D eigenvalue weighted by Gasteiger charge is 2.32. The highest BCUT2D eigenvalue weighted by Crippen LogP contribution is 2.45. The highest BCUT2D eigenvalue weighted by molar-refractivity contribution is 8.00.